The lowest BCUT2D eigenvalue weighted by Gasteiger charge is -2.10. The van der Waals surface area contributed by atoms with Crippen LogP contribution in [0.25, 0.3) is 11.0 Å². The van der Waals surface area contributed by atoms with Crippen molar-refractivity contribution in [2.24, 2.45) is 0 Å². The van der Waals surface area contributed by atoms with Crippen LogP contribution >= 0.6 is 35.4 Å². The number of aromatic nitrogens is 2. The number of thiocarbonyl (C=S) groups is 1. The predicted octanol–water partition coefficient (Wildman–Crippen LogP) is 4.40. The van der Waals surface area contributed by atoms with Crippen molar-refractivity contribution in [3.8, 4) is 0 Å². The summed E-state index contributed by atoms with van der Waals surface area (Å²) in [6.07, 6.45) is 0.681. The smallest absolute Gasteiger partial charge is 0.207 e. The fraction of sp³-hybridized carbons (Fsp3) is 0.125. The van der Waals surface area contributed by atoms with Gasteiger partial charge >= 0.3 is 0 Å². The van der Waals surface area contributed by atoms with Crippen LogP contribution in [0.3, 0.4) is 0 Å². The predicted molar refractivity (Wildman–Crippen MR) is 100 cm³/mol. The van der Waals surface area contributed by atoms with Crippen LogP contribution in [0.2, 0.25) is 10.0 Å². The highest BCUT2D eigenvalue weighted by molar-refractivity contribution is 7.80. The molecule has 0 bridgehead atoms. The molecule has 3 N–H and O–H groups in total. The first-order valence-corrected chi connectivity index (χ1v) is 8.22. The summed E-state index contributed by atoms with van der Waals surface area (Å²) in [5.41, 5.74) is 2.76. The Kier molecular flexibility index (Phi) is 5.00. The fourth-order valence-corrected chi connectivity index (χ4v) is 3.02. The number of halogens is 2. The van der Waals surface area contributed by atoms with Crippen LogP contribution in [-0.4, -0.2) is 21.6 Å². The highest BCUT2D eigenvalue weighted by Crippen LogP contribution is 2.24. The second-order valence-corrected chi connectivity index (χ2v) is 6.16. The molecule has 0 fully saturated rings. The normalized spacial score (nSPS) is 10.7. The van der Waals surface area contributed by atoms with Crippen molar-refractivity contribution in [2.75, 3.05) is 11.9 Å². The summed E-state index contributed by atoms with van der Waals surface area (Å²) >= 11 is 17.6. The maximum Gasteiger partial charge on any atom is 0.207 e. The second-order valence-electron chi connectivity index (χ2n) is 4.93. The van der Waals surface area contributed by atoms with Gasteiger partial charge in [-0.1, -0.05) is 41.4 Å². The lowest BCUT2D eigenvalue weighted by atomic mass is 10.1. The zero-order valence-electron chi connectivity index (χ0n) is 12.1. The molecule has 7 heteroatoms. The van der Waals surface area contributed by atoms with Gasteiger partial charge in [0, 0.05) is 16.6 Å². The average Bonchev–Trinajstić information content (AvgIpc) is 2.92. The summed E-state index contributed by atoms with van der Waals surface area (Å²) < 4.78 is 0. The summed E-state index contributed by atoms with van der Waals surface area (Å²) in [4.78, 5) is 7.57. The van der Waals surface area contributed by atoms with Crippen LogP contribution in [-0.2, 0) is 6.42 Å². The Morgan fingerprint density at radius 1 is 1.09 bits per heavy atom. The number of nitrogens with one attached hydrogen (secondary N) is 3. The van der Waals surface area contributed by atoms with Crippen LogP contribution < -0.4 is 10.6 Å². The molecule has 0 aliphatic carbocycles. The van der Waals surface area contributed by atoms with Crippen molar-refractivity contribution in [1.29, 1.82) is 0 Å². The maximum absolute atomic E-state index is 6.14. The summed E-state index contributed by atoms with van der Waals surface area (Å²) in [7, 11) is 0. The van der Waals surface area contributed by atoms with Gasteiger partial charge in [-0.2, -0.15) is 0 Å². The molecule has 0 radical (unpaired) electrons. The van der Waals surface area contributed by atoms with Gasteiger partial charge in [-0.3, -0.25) is 0 Å². The highest BCUT2D eigenvalue weighted by atomic mass is 35.5. The third kappa shape index (κ3) is 3.93. The highest BCUT2D eigenvalue weighted by Gasteiger charge is 2.06. The number of anilines is 1. The molecule has 0 saturated carbocycles. The number of hydrogen-bond acceptors (Lipinski definition) is 2. The zero-order valence-corrected chi connectivity index (χ0v) is 14.4. The van der Waals surface area contributed by atoms with Crippen molar-refractivity contribution in [3.05, 3.63) is 58.1 Å². The number of aromatic amines is 1. The SMILES string of the molecule is S=C(NCCc1c(Cl)cccc1Cl)Nc1nc2ccccc2[nH]1. The van der Waals surface area contributed by atoms with E-state index in [0.29, 0.717) is 34.1 Å². The minimum Gasteiger partial charge on any atom is -0.362 e. The Morgan fingerprint density at radius 3 is 2.57 bits per heavy atom. The molecule has 3 aromatic rings. The number of hydrogen-bond donors (Lipinski definition) is 3. The molecule has 23 heavy (non-hydrogen) atoms. The van der Waals surface area contributed by atoms with E-state index in [9.17, 15) is 0 Å². The van der Waals surface area contributed by atoms with Gasteiger partial charge in [-0.25, -0.2) is 4.98 Å². The van der Waals surface area contributed by atoms with Crippen LogP contribution in [0.5, 0.6) is 0 Å². The standard InChI is InChI=1S/C16H14Cl2N4S/c17-11-4-3-5-12(18)10(11)8-9-19-16(23)22-15-20-13-6-1-2-7-14(13)21-15/h1-7H,8-9H2,(H3,19,20,21,22,23). The first kappa shape index (κ1) is 16.1. The van der Waals surface area contributed by atoms with E-state index < -0.39 is 0 Å². The first-order valence-electron chi connectivity index (χ1n) is 7.06. The van der Waals surface area contributed by atoms with E-state index in [0.717, 1.165) is 16.6 Å². The third-order valence-corrected chi connectivity index (χ3v) is 4.30. The third-order valence-electron chi connectivity index (χ3n) is 3.34. The molecule has 0 aliphatic rings. The molecule has 0 saturated heterocycles. The quantitative estimate of drug-likeness (QED) is 0.600. The second kappa shape index (κ2) is 7.17. The van der Waals surface area contributed by atoms with Gasteiger partial charge in [0.05, 0.1) is 11.0 Å². The maximum atomic E-state index is 6.14. The number of nitrogens with zero attached hydrogens (tertiary/aromatic N) is 1. The van der Waals surface area contributed by atoms with E-state index in [2.05, 4.69) is 20.6 Å². The van der Waals surface area contributed by atoms with Gasteiger partial charge in [-0.05, 0) is 48.5 Å². The number of rotatable bonds is 4. The van der Waals surface area contributed by atoms with Crippen molar-refractivity contribution in [2.45, 2.75) is 6.42 Å². The van der Waals surface area contributed by atoms with E-state index in [4.69, 9.17) is 35.4 Å². The number of imidazole rings is 1. The first-order chi connectivity index (χ1) is 11.1. The zero-order chi connectivity index (χ0) is 16.2. The Labute approximate surface area is 149 Å². The minimum atomic E-state index is 0.493. The molecule has 1 heterocycles. The Hall–Kier alpha value is -1.82. The van der Waals surface area contributed by atoms with Gasteiger partial charge < -0.3 is 15.6 Å². The number of H-pyrrole nitrogens is 1. The molecule has 4 nitrogen and oxygen atoms in total. The van der Waals surface area contributed by atoms with Gasteiger partial charge in [0.15, 0.2) is 5.11 Å². The van der Waals surface area contributed by atoms with E-state index >= 15 is 0 Å². The number of benzene rings is 2. The van der Waals surface area contributed by atoms with Crippen molar-refractivity contribution < 1.29 is 0 Å². The summed E-state index contributed by atoms with van der Waals surface area (Å²) in [5.74, 6) is 0.611. The van der Waals surface area contributed by atoms with Crippen LogP contribution in [0.4, 0.5) is 5.95 Å². The van der Waals surface area contributed by atoms with E-state index in [1.807, 2.05) is 42.5 Å². The van der Waals surface area contributed by atoms with E-state index in [1.165, 1.54) is 0 Å². The van der Waals surface area contributed by atoms with Crippen LogP contribution in [0.15, 0.2) is 42.5 Å². The van der Waals surface area contributed by atoms with Crippen LogP contribution in [0.1, 0.15) is 5.56 Å². The fourth-order valence-electron chi connectivity index (χ4n) is 2.24. The molecule has 0 aliphatic heterocycles. The van der Waals surface area contributed by atoms with E-state index in [1.54, 1.807) is 0 Å². The molecule has 0 amide bonds. The molecular weight excluding hydrogens is 351 g/mol. The Balaban J connectivity index is 1.55. The molecule has 0 unspecified atom stereocenters. The van der Waals surface area contributed by atoms with Crippen molar-refractivity contribution >= 4 is 57.5 Å². The Morgan fingerprint density at radius 2 is 1.83 bits per heavy atom. The molecular formula is C16H14Cl2N4S. The van der Waals surface area contributed by atoms with Gasteiger partial charge in [-0.15, -0.1) is 0 Å². The van der Waals surface area contributed by atoms with Crippen molar-refractivity contribution in [1.82, 2.24) is 15.3 Å². The molecule has 118 valence electrons. The minimum absolute atomic E-state index is 0.493. The van der Waals surface area contributed by atoms with E-state index in [-0.39, 0.29) is 0 Å². The van der Waals surface area contributed by atoms with Gasteiger partial charge in [0.1, 0.15) is 0 Å². The average molecular weight is 365 g/mol. The van der Waals surface area contributed by atoms with Crippen molar-refractivity contribution in [3.63, 3.8) is 0 Å². The molecule has 0 spiro atoms. The largest absolute Gasteiger partial charge is 0.362 e. The lowest BCUT2D eigenvalue weighted by molar-refractivity contribution is 0.873. The Bertz CT molecular complexity index is 794. The topological polar surface area (TPSA) is 52.7 Å². The monoisotopic (exact) mass is 364 g/mol. The molecule has 2 aromatic carbocycles. The summed E-state index contributed by atoms with van der Waals surface area (Å²) in [5, 5.41) is 7.97. The summed E-state index contributed by atoms with van der Waals surface area (Å²) in [6.45, 7) is 0.621. The number of para-hydroxylation sites is 2. The number of fused-ring (bicyclic) bond motifs is 1. The molecule has 0 atom stereocenters. The van der Waals surface area contributed by atoms with Gasteiger partial charge in [0.25, 0.3) is 0 Å². The van der Waals surface area contributed by atoms with Gasteiger partial charge in [0.2, 0.25) is 5.95 Å². The van der Waals surface area contributed by atoms with Crippen LogP contribution in [0, 0.1) is 0 Å². The lowest BCUT2D eigenvalue weighted by Crippen LogP contribution is -2.30. The summed E-state index contributed by atoms with van der Waals surface area (Å²) in [6, 6.07) is 13.3. The molecule has 1 aromatic heterocycles. The molecule has 3 rings (SSSR count).